The molecule has 3 heteroatoms. The van der Waals surface area contributed by atoms with E-state index in [-0.39, 0.29) is 11.7 Å². The molecule has 2 aliphatic heterocycles. The van der Waals surface area contributed by atoms with Gasteiger partial charge >= 0.3 is 0 Å². The molecule has 14 heavy (non-hydrogen) atoms. The second-order valence-corrected chi connectivity index (χ2v) is 4.64. The normalized spacial score (nSPS) is 32.7. The van der Waals surface area contributed by atoms with Crippen molar-refractivity contribution in [2.75, 3.05) is 20.1 Å². The summed E-state index contributed by atoms with van der Waals surface area (Å²) in [6.07, 6.45) is 3.41. The fraction of sp³-hybridized carbons (Fsp3) is 0.909. The number of piperidine rings is 1. The van der Waals surface area contributed by atoms with Crippen molar-refractivity contribution in [1.29, 1.82) is 0 Å². The van der Waals surface area contributed by atoms with Crippen LogP contribution in [0, 0.1) is 0 Å². The summed E-state index contributed by atoms with van der Waals surface area (Å²) < 4.78 is 5.92. The molecule has 2 heterocycles. The lowest BCUT2D eigenvalue weighted by molar-refractivity contribution is -0.124. The summed E-state index contributed by atoms with van der Waals surface area (Å²) in [5.74, 6) is 0.317. The summed E-state index contributed by atoms with van der Waals surface area (Å²) in [5, 5.41) is 0. The minimum atomic E-state index is -0.113. The molecule has 0 N–H and O–H groups in total. The Labute approximate surface area is 85.4 Å². The van der Waals surface area contributed by atoms with Crippen LogP contribution in [0.2, 0.25) is 0 Å². The third-order valence-corrected chi connectivity index (χ3v) is 3.52. The predicted molar refractivity (Wildman–Crippen MR) is 54.3 cm³/mol. The van der Waals surface area contributed by atoms with Gasteiger partial charge in [0.05, 0.1) is 5.60 Å². The van der Waals surface area contributed by atoms with Gasteiger partial charge in [-0.2, -0.15) is 0 Å². The predicted octanol–water partition coefficient (Wildman–Crippen LogP) is 1.22. The monoisotopic (exact) mass is 197 g/mol. The molecule has 2 aliphatic rings. The van der Waals surface area contributed by atoms with Crippen molar-refractivity contribution in [1.82, 2.24) is 4.90 Å². The molecule has 0 aliphatic carbocycles. The highest BCUT2D eigenvalue weighted by atomic mass is 16.5. The molecular weight excluding hydrogens is 178 g/mol. The molecule has 0 aromatic carbocycles. The van der Waals surface area contributed by atoms with Gasteiger partial charge in [-0.05, 0) is 26.3 Å². The van der Waals surface area contributed by atoms with Crippen molar-refractivity contribution in [3.63, 3.8) is 0 Å². The fourth-order valence-corrected chi connectivity index (χ4v) is 2.47. The van der Waals surface area contributed by atoms with E-state index in [9.17, 15) is 4.79 Å². The second kappa shape index (κ2) is 3.63. The first-order valence-electron chi connectivity index (χ1n) is 5.54. The Morgan fingerprint density at radius 1 is 1.50 bits per heavy atom. The van der Waals surface area contributed by atoms with Crippen LogP contribution in [-0.4, -0.2) is 42.5 Å². The zero-order valence-electron chi connectivity index (χ0n) is 9.08. The average molecular weight is 197 g/mol. The lowest BCUT2D eigenvalue weighted by Crippen LogP contribution is -2.42. The van der Waals surface area contributed by atoms with E-state index in [4.69, 9.17) is 4.74 Å². The number of hydrogen-bond donors (Lipinski definition) is 0. The Hall–Kier alpha value is -0.410. The van der Waals surface area contributed by atoms with Crippen LogP contribution in [0.4, 0.5) is 0 Å². The van der Waals surface area contributed by atoms with Crippen molar-refractivity contribution < 1.29 is 9.53 Å². The van der Waals surface area contributed by atoms with Gasteiger partial charge in [0.15, 0.2) is 5.78 Å². The highest BCUT2D eigenvalue weighted by Crippen LogP contribution is 2.37. The van der Waals surface area contributed by atoms with Gasteiger partial charge < -0.3 is 9.64 Å². The van der Waals surface area contributed by atoms with E-state index in [1.807, 2.05) is 6.92 Å². The van der Waals surface area contributed by atoms with Crippen molar-refractivity contribution in [2.24, 2.45) is 0 Å². The minimum absolute atomic E-state index is 0.0930. The smallest absolute Gasteiger partial charge is 0.164 e. The van der Waals surface area contributed by atoms with Crippen molar-refractivity contribution in [2.45, 2.75) is 44.3 Å². The molecular formula is C11H19NO2. The Morgan fingerprint density at radius 2 is 2.14 bits per heavy atom. The molecule has 1 spiro atoms. The first-order valence-corrected chi connectivity index (χ1v) is 5.54. The summed E-state index contributed by atoms with van der Waals surface area (Å²) in [5.41, 5.74) is -0.0930. The number of carbonyl (C=O) groups is 1. The maximum Gasteiger partial charge on any atom is 0.164 e. The van der Waals surface area contributed by atoms with E-state index in [2.05, 4.69) is 11.9 Å². The maximum absolute atomic E-state index is 11.6. The van der Waals surface area contributed by atoms with E-state index < -0.39 is 0 Å². The summed E-state index contributed by atoms with van der Waals surface area (Å²) in [6.45, 7) is 4.14. The molecule has 0 saturated carbocycles. The third kappa shape index (κ3) is 1.71. The molecule has 2 rings (SSSR count). The highest BCUT2D eigenvalue weighted by molar-refractivity contribution is 5.86. The van der Waals surface area contributed by atoms with Gasteiger partial charge in [0.25, 0.3) is 0 Å². The van der Waals surface area contributed by atoms with Crippen LogP contribution in [0.1, 0.15) is 32.6 Å². The molecule has 0 bridgehead atoms. The van der Waals surface area contributed by atoms with Gasteiger partial charge in [0, 0.05) is 19.5 Å². The van der Waals surface area contributed by atoms with Crippen LogP contribution in [0.5, 0.6) is 0 Å². The Balaban J connectivity index is 2.02. The Kier molecular flexibility index (Phi) is 2.62. The highest BCUT2D eigenvalue weighted by Gasteiger charge is 2.45. The maximum atomic E-state index is 11.6. The summed E-state index contributed by atoms with van der Waals surface area (Å²) >= 11 is 0. The number of Topliss-reactive ketones (excluding diaryl/α,β-unsaturated/α-hetero) is 1. The van der Waals surface area contributed by atoms with Crippen molar-refractivity contribution >= 4 is 5.78 Å². The lowest BCUT2D eigenvalue weighted by Gasteiger charge is -2.36. The molecule has 2 fully saturated rings. The first kappa shape index (κ1) is 10.1. The third-order valence-electron chi connectivity index (χ3n) is 3.52. The molecule has 0 amide bonds. The minimum Gasteiger partial charge on any atom is -0.363 e. The number of likely N-dealkylation sites (tertiary alicyclic amines) is 1. The average Bonchev–Trinajstić information content (AvgIpc) is 2.49. The number of ketones is 1. The Morgan fingerprint density at radius 3 is 2.64 bits per heavy atom. The van der Waals surface area contributed by atoms with E-state index in [1.165, 1.54) is 0 Å². The molecule has 0 radical (unpaired) electrons. The molecule has 2 saturated heterocycles. The Bertz CT molecular complexity index is 231. The van der Waals surface area contributed by atoms with Crippen molar-refractivity contribution in [3.05, 3.63) is 0 Å². The number of rotatable bonds is 1. The van der Waals surface area contributed by atoms with Gasteiger partial charge in [-0.3, -0.25) is 4.79 Å². The van der Waals surface area contributed by atoms with Gasteiger partial charge in [0.1, 0.15) is 6.10 Å². The summed E-state index contributed by atoms with van der Waals surface area (Å²) in [4.78, 5) is 13.9. The number of nitrogens with zero attached hydrogens (tertiary/aromatic N) is 1. The van der Waals surface area contributed by atoms with Crippen LogP contribution >= 0.6 is 0 Å². The molecule has 3 nitrogen and oxygen atoms in total. The zero-order valence-corrected chi connectivity index (χ0v) is 9.08. The van der Waals surface area contributed by atoms with E-state index in [0.717, 1.165) is 32.4 Å². The number of ether oxygens (including phenoxy) is 1. The van der Waals surface area contributed by atoms with Gasteiger partial charge in [-0.1, -0.05) is 6.92 Å². The van der Waals surface area contributed by atoms with Crippen LogP contribution < -0.4 is 0 Å². The van der Waals surface area contributed by atoms with Crippen LogP contribution in [0.15, 0.2) is 0 Å². The number of hydrogen-bond acceptors (Lipinski definition) is 3. The standard InChI is InChI=1S/C11H19NO2/c1-3-10-9(13)8-11(14-10)4-6-12(2)7-5-11/h10H,3-8H2,1-2H3/t10-/m0/s1. The topological polar surface area (TPSA) is 29.5 Å². The van der Waals surface area contributed by atoms with E-state index in [0.29, 0.717) is 12.2 Å². The van der Waals surface area contributed by atoms with E-state index in [1.54, 1.807) is 0 Å². The van der Waals surface area contributed by atoms with Crippen LogP contribution in [0.25, 0.3) is 0 Å². The summed E-state index contributed by atoms with van der Waals surface area (Å²) in [6, 6.07) is 0. The van der Waals surface area contributed by atoms with Crippen LogP contribution in [0.3, 0.4) is 0 Å². The van der Waals surface area contributed by atoms with E-state index >= 15 is 0 Å². The van der Waals surface area contributed by atoms with Gasteiger partial charge in [-0.15, -0.1) is 0 Å². The fourth-order valence-electron chi connectivity index (χ4n) is 2.47. The zero-order chi connectivity index (χ0) is 10.2. The van der Waals surface area contributed by atoms with Crippen LogP contribution in [-0.2, 0) is 9.53 Å². The van der Waals surface area contributed by atoms with Gasteiger partial charge in [-0.25, -0.2) is 0 Å². The molecule has 0 unspecified atom stereocenters. The largest absolute Gasteiger partial charge is 0.363 e. The summed E-state index contributed by atoms with van der Waals surface area (Å²) in [7, 11) is 2.13. The molecule has 80 valence electrons. The first-order chi connectivity index (χ1) is 6.65. The molecule has 0 aromatic heterocycles. The van der Waals surface area contributed by atoms with Gasteiger partial charge in [0.2, 0.25) is 0 Å². The number of carbonyl (C=O) groups excluding carboxylic acids is 1. The SMILES string of the molecule is CC[C@@H]1OC2(CCN(C)CC2)CC1=O. The lowest BCUT2D eigenvalue weighted by atomic mass is 9.88. The molecule has 0 aromatic rings. The quantitative estimate of drug-likeness (QED) is 0.633. The molecule has 1 atom stereocenters. The van der Waals surface area contributed by atoms with Crippen molar-refractivity contribution in [3.8, 4) is 0 Å². The second-order valence-electron chi connectivity index (χ2n) is 4.64.